The molecule has 0 heterocycles. The van der Waals surface area contributed by atoms with E-state index in [1.165, 1.54) is 19.2 Å². The molecule has 106 valence electrons. The summed E-state index contributed by atoms with van der Waals surface area (Å²) in [5.74, 6) is -1.05. The van der Waals surface area contributed by atoms with Crippen molar-refractivity contribution in [2.45, 2.75) is 18.8 Å². The standard InChI is InChI=1S/C11H11ClF3NO3/c1-18-10(17)5-8(16)6-2-3-9(7(12)4-6)19-11(13,14)15/h2-4,8H,5,16H2,1H3/t8-/m1/s1. The first-order chi connectivity index (χ1) is 8.73. The molecule has 0 saturated carbocycles. The summed E-state index contributed by atoms with van der Waals surface area (Å²) in [6.45, 7) is 0. The number of alkyl halides is 3. The lowest BCUT2D eigenvalue weighted by Crippen LogP contribution is -2.18. The Balaban J connectivity index is 2.84. The van der Waals surface area contributed by atoms with Gasteiger partial charge in [0.2, 0.25) is 0 Å². The first-order valence-corrected chi connectivity index (χ1v) is 5.48. The Bertz CT molecular complexity index is 465. The van der Waals surface area contributed by atoms with Gasteiger partial charge in [-0.25, -0.2) is 0 Å². The lowest BCUT2D eigenvalue weighted by atomic mass is 10.0. The van der Waals surface area contributed by atoms with E-state index < -0.39 is 24.1 Å². The molecule has 8 heteroatoms. The van der Waals surface area contributed by atoms with Crippen molar-refractivity contribution < 1.29 is 27.4 Å². The largest absolute Gasteiger partial charge is 0.573 e. The Kier molecular flexibility index (Phi) is 5.02. The summed E-state index contributed by atoms with van der Waals surface area (Å²) >= 11 is 5.65. The molecule has 0 unspecified atom stereocenters. The molecular formula is C11H11ClF3NO3. The number of methoxy groups -OCH3 is 1. The molecule has 0 aliphatic carbocycles. The smallest absolute Gasteiger partial charge is 0.469 e. The molecule has 1 aromatic carbocycles. The molecule has 0 spiro atoms. The van der Waals surface area contributed by atoms with Gasteiger partial charge in [-0.05, 0) is 17.7 Å². The second-order valence-electron chi connectivity index (χ2n) is 3.62. The Labute approximate surface area is 112 Å². The highest BCUT2D eigenvalue weighted by molar-refractivity contribution is 6.32. The summed E-state index contributed by atoms with van der Waals surface area (Å²) in [6, 6.07) is 2.85. The number of hydrogen-bond donors (Lipinski definition) is 1. The Morgan fingerprint density at radius 3 is 2.58 bits per heavy atom. The number of rotatable bonds is 4. The Morgan fingerprint density at radius 2 is 2.11 bits per heavy atom. The van der Waals surface area contributed by atoms with Crippen LogP contribution in [0.15, 0.2) is 18.2 Å². The fourth-order valence-electron chi connectivity index (χ4n) is 1.34. The van der Waals surface area contributed by atoms with Gasteiger partial charge >= 0.3 is 12.3 Å². The van der Waals surface area contributed by atoms with E-state index in [0.717, 1.165) is 6.07 Å². The Hall–Kier alpha value is -1.47. The molecule has 1 atom stereocenters. The predicted octanol–water partition coefficient (Wildman–Crippen LogP) is 2.80. The van der Waals surface area contributed by atoms with E-state index in [0.29, 0.717) is 5.56 Å². The van der Waals surface area contributed by atoms with E-state index >= 15 is 0 Å². The fourth-order valence-corrected chi connectivity index (χ4v) is 1.56. The van der Waals surface area contributed by atoms with Crippen LogP contribution in [0.4, 0.5) is 13.2 Å². The quantitative estimate of drug-likeness (QED) is 0.868. The van der Waals surface area contributed by atoms with Crippen LogP contribution in [0, 0.1) is 0 Å². The minimum Gasteiger partial charge on any atom is -0.469 e. The van der Waals surface area contributed by atoms with Gasteiger partial charge in [-0.3, -0.25) is 4.79 Å². The van der Waals surface area contributed by atoms with Gasteiger partial charge in [-0.15, -0.1) is 13.2 Å². The maximum absolute atomic E-state index is 12.0. The van der Waals surface area contributed by atoms with Crippen LogP contribution in [-0.4, -0.2) is 19.4 Å². The molecule has 0 amide bonds. The number of carbonyl (C=O) groups excluding carboxylic acids is 1. The molecule has 0 aliphatic rings. The summed E-state index contributed by atoms with van der Waals surface area (Å²) in [5, 5.41) is -0.241. The third kappa shape index (κ3) is 4.96. The van der Waals surface area contributed by atoms with Crippen LogP contribution in [0.5, 0.6) is 5.75 Å². The van der Waals surface area contributed by atoms with E-state index in [2.05, 4.69) is 9.47 Å². The first kappa shape index (κ1) is 15.6. The highest BCUT2D eigenvalue weighted by atomic mass is 35.5. The average molecular weight is 298 g/mol. The highest BCUT2D eigenvalue weighted by Gasteiger charge is 2.32. The summed E-state index contributed by atoms with van der Waals surface area (Å²) < 4.78 is 44.2. The molecule has 1 aromatic rings. The van der Waals surface area contributed by atoms with Crippen molar-refractivity contribution in [2.75, 3.05) is 7.11 Å². The van der Waals surface area contributed by atoms with E-state index in [1.54, 1.807) is 0 Å². The lowest BCUT2D eigenvalue weighted by molar-refractivity contribution is -0.274. The summed E-state index contributed by atoms with van der Waals surface area (Å²) in [5.41, 5.74) is 6.10. The van der Waals surface area contributed by atoms with Gasteiger partial charge < -0.3 is 15.2 Å². The molecule has 0 fully saturated rings. The second-order valence-corrected chi connectivity index (χ2v) is 4.03. The maximum Gasteiger partial charge on any atom is 0.573 e. The van der Waals surface area contributed by atoms with E-state index in [4.69, 9.17) is 17.3 Å². The summed E-state index contributed by atoms with van der Waals surface area (Å²) in [7, 11) is 1.21. The second kappa shape index (κ2) is 6.12. The van der Waals surface area contributed by atoms with Crippen LogP contribution < -0.4 is 10.5 Å². The number of hydrogen-bond acceptors (Lipinski definition) is 4. The SMILES string of the molecule is COC(=O)C[C@@H](N)c1ccc(OC(F)(F)F)c(Cl)c1. The molecule has 2 N–H and O–H groups in total. The summed E-state index contributed by atoms with van der Waals surface area (Å²) in [4.78, 5) is 11.0. The molecule has 0 aliphatic heterocycles. The van der Waals surface area contributed by atoms with Crippen LogP contribution in [-0.2, 0) is 9.53 Å². The van der Waals surface area contributed by atoms with E-state index in [9.17, 15) is 18.0 Å². The number of ether oxygens (including phenoxy) is 2. The third-order valence-corrected chi connectivity index (χ3v) is 2.52. The first-order valence-electron chi connectivity index (χ1n) is 5.10. The van der Waals surface area contributed by atoms with Gasteiger partial charge in [0, 0.05) is 6.04 Å². The highest BCUT2D eigenvalue weighted by Crippen LogP contribution is 2.32. The maximum atomic E-state index is 12.0. The minimum absolute atomic E-state index is 0.105. The van der Waals surface area contributed by atoms with Crippen molar-refractivity contribution in [2.24, 2.45) is 5.73 Å². The van der Waals surface area contributed by atoms with Crippen molar-refractivity contribution in [1.29, 1.82) is 0 Å². The van der Waals surface area contributed by atoms with Gasteiger partial charge in [-0.2, -0.15) is 0 Å². The van der Waals surface area contributed by atoms with Gasteiger partial charge in [0.15, 0.2) is 0 Å². The van der Waals surface area contributed by atoms with Crippen LogP contribution in [0.1, 0.15) is 18.0 Å². The number of nitrogens with two attached hydrogens (primary N) is 1. The van der Waals surface area contributed by atoms with Crippen LogP contribution in [0.3, 0.4) is 0 Å². The van der Waals surface area contributed by atoms with Crippen molar-refractivity contribution in [3.8, 4) is 5.75 Å². The van der Waals surface area contributed by atoms with E-state index in [1.807, 2.05) is 0 Å². The number of carbonyl (C=O) groups is 1. The van der Waals surface area contributed by atoms with Crippen LogP contribution in [0.2, 0.25) is 5.02 Å². The predicted molar refractivity (Wildman–Crippen MR) is 61.7 cm³/mol. The molecule has 0 saturated heterocycles. The van der Waals surface area contributed by atoms with Gasteiger partial charge in [0.05, 0.1) is 18.6 Å². The van der Waals surface area contributed by atoms with Crippen molar-refractivity contribution >= 4 is 17.6 Å². The average Bonchev–Trinajstić information content (AvgIpc) is 2.29. The monoisotopic (exact) mass is 297 g/mol. The molecule has 19 heavy (non-hydrogen) atoms. The van der Waals surface area contributed by atoms with E-state index in [-0.39, 0.29) is 11.4 Å². The zero-order valence-corrected chi connectivity index (χ0v) is 10.6. The van der Waals surface area contributed by atoms with Gasteiger partial charge in [0.25, 0.3) is 0 Å². The molecule has 0 radical (unpaired) electrons. The molecular weight excluding hydrogens is 287 g/mol. The molecule has 1 rings (SSSR count). The summed E-state index contributed by atoms with van der Waals surface area (Å²) in [6.07, 6.45) is -4.93. The normalized spacial score (nSPS) is 12.9. The zero-order chi connectivity index (χ0) is 14.6. The van der Waals surface area contributed by atoms with Crippen LogP contribution in [0.25, 0.3) is 0 Å². The van der Waals surface area contributed by atoms with Gasteiger partial charge in [0.1, 0.15) is 5.75 Å². The lowest BCUT2D eigenvalue weighted by Gasteiger charge is -2.14. The zero-order valence-electron chi connectivity index (χ0n) is 9.83. The molecule has 4 nitrogen and oxygen atoms in total. The number of halogens is 4. The third-order valence-electron chi connectivity index (χ3n) is 2.22. The fraction of sp³-hybridized carbons (Fsp3) is 0.364. The Morgan fingerprint density at radius 1 is 1.47 bits per heavy atom. The van der Waals surface area contributed by atoms with Crippen LogP contribution >= 0.6 is 11.6 Å². The minimum atomic E-state index is -4.82. The molecule has 0 aromatic heterocycles. The van der Waals surface area contributed by atoms with Crippen molar-refractivity contribution in [3.63, 3.8) is 0 Å². The van der Waals surface area contributed by atoms with Crippen molar-refractivity contribution in [3.05, 3.63) is 28.8 Å². The number of benzene rings is 1. The topological polar surface area (TPSA) is 61.5 Å². The van der Waals surface area contributed by atoms with Gasteiger partial charge in [-0.1, -0.05) is 17.7 Å². The van der Waals surface area contributed by atoms with Crippen molar-refractivity contribution in [1.82, 2.24) is 0 Å². The number of esters is 1. The molecule has 0 bridgehead atoms.